The summed E-state index contributed by atoms with van der Waals surface area (Å²) in [5.74, 6) is -2.12. The Hall–Kier alpha value is -4.20. The monoisotopic (exact) mass is 512 g/mol. The number of furan rings is 1. The van der Waals surface area contributed by atoms with E-state index in [0.717, 1.165) is 32.1 Å². The summed E-state index contributed by atoms with van der Waals surface area (Å²) in [6.07, 6.45) is 14.1. The first kappa shape index (κ1) is 23.0. The molecule has 4 aliphatic rings. The Morgan fingerprint density at radius 3 is 2.76 bits per heavy atom. The van der Waals surface area contributed by atoms with Crippen molar-refractivity contribution >= 4 is 45.0 Å². The number of hydrogen-bond donors (Lipinski definition) is 2. The van der Waals surface area contributed by atoms with E-state index < -0.39 is 17.2 Å². The Balaban J connectivity index is 1.48. The number of nitrogens with two attached hydrogens (primary N) is 1. The predicted molar refractivity (Wildman–Crippen MR) is 139 cm³/mol. The van der Waals surface area contributed by atoms with Crippen LogP contribution in [0.3, 0.4) is 0 Å². The van der Waals surface area contributed by atoms with Crippen molar-refractivity contribution in [2.45, 2.75) is 38.6 Å². The van der Waals surface area contributed by atoms with Crippen LogP contribution in [-0.4, -0.2) is 27.2 Å². The lowest BCUT2D eigenvalue weighted by molar-refractivity contribution is -0.125. The van der Waals surface area contributed by atoms with Crippen LogP contribution in [0.2, 0.25) is 0 Å². The maximum atomic E-state index is 15.2. The van der Waals surface area contributed by atoms with E-state index in [4.69, 9.17) is 10.2 Å². The molecule has 8 heteroatoms. The molecule has 0 bridgehead atoms. The molecule has 1 aromatic carbocycles. The van der Waals surface area contributed by atoms with Gasteiger partial charge in [0.25, 0.3) is 0 Å². The maximum Gasteiger partial charge on any atom is 0.353 e. The number of carboxylic acid groups (broad SMARTS) is 1. The first-order valence-corrected chi connectivity index (χ1v) is 12.9. The molecule has 2 aromatic heterocycles. The number of nitrogens with zero attached hydrogens (tertiary/aromatic N) is 1. The third-order valence-electron chi connectivity index (χ3n) is 8.91. The highest BCUT2D eigenvalue weighted by Gasteiger charge is 2.44. The summed E-state index contributed by atoms with van der Waals surface area (Å²) in [7, 11) is 0. The van der Waals surface area contributed by atoms with Gasteiger partial charge in [0.2, 0.25) is 0 Å². The standard InChI is InChI=1S/C30H25FN2O5/c31-20-12-22-25(28-18(20)7-10-38-28)24(19-4-1-3-15-5-6-17(15)27(19)35)26(29(36)37)33(22)14-16-11-23(34)30(8-2-9-30)13-21(16)32/h1,3-4,7,10-13,15,17H,2,5-6,8-9,14,32H2,(H,36,37). The minimum absolute atomic E-state index is 0.0519. The number of hydrogen-bond acceptors (Lipinski definition) is 5. The normalized spacial score (nSPS) is 24.0. The molecule has 38 heavy (non-hydrogen) atoms. The van der Waals surface area contributed by atoms with Crippen LogP contribution >= 0.6 is 0 Å². The molecule has 0 amide bonds. The Labute approximate surface area is 216 Å². The molecule has 2 unspecified atom stereocenters. The van der Waals surface area contributed by atoms with Crippen LogP contribution in [0.5, 0.6) is 0 Å². The first-order valence-electron chi connectivity index (χ1n) is 12.9. The summed E-state index contributed by atoms with van der Waals surface area (Å²) in [4.78, 5) is 39.5. The Bertz CT molecular complexity index is 1730. The number of ketones is 2. The summed E-state index contributed by atoms with van der Waals surface area (Å²) >= 11 is 0. The molecule has 3 N–H and O–H groups in total. The molecule has 2 saturated carbocycles. The number of halogens is 1. The summed E-state index contributed by atoms with van der Waals surface area (Å²) < 4.78 is 22.4. The lowest BCUT2D eigenvalue weighted by Crippen LogP contribution is -2.38. The molecule has 2 heterocycles. The fourth-order valence-electron chi connectivity index (χ4n) is 6.52. The molecule has 7 nitrogen and oxygen atoms in total. The predicted octanol–water partition coefficient (Wildman–Crippen LogP) is 5.30. The number of carbonyl (C=O) groups is 3. The van der Waals surface area contributed by atoms with E-state index in [1.165, 1.54) is 29.0 Å². The van der Waals surface area contributed by atoms with E-state index >= 15 is 4.39 Å². The quantitative estimate of drug-likeness (QED) is 0.491. The number of carboxylic acids is 1. The Morgan fingerprint density at radius 1 is 1.26 bits per heavy atom. The van der Waals surface area contributed by atoms with Gasteiger partial charge in [0.1, 0.15) is 17.1 Å². The maximum absolute atomic E-state index is 15.2. The van der Waals surface area contributed by atoms with Gasteiger partial charge < -0.3 is 19.8 Å². The van der Waals surface area contributed by atoms with Crippen LogP contribution in [0.15, 0.2) is 64.5 Å². The van der Waals surface area contributed by atoms with Crippen LogP contribution in [0.1, 0.15) is 48.2 Å². The highest BCUT2D eigenvalue weighted by Crippen LogP contribution is 2.48. The Morgan fingerprint density at radius 2 is 2.08 bits per heavy atom. The number of allylic oxidation sites excluding steroid dienone is 7. The van der Waals surface area contributed by atoms with Gasteiger partial charge in [0.15, 0.2) is 11.6 Å². The number of carbonyl (C=O) groups excluding carboxylic acids is 2. The minimum atomic E-state index is -1.27. The fourth-order valence-corrected chi connectivity index (χ4v) is 6.52. The van der Waals surface area contributed by atoms with Gasteiger partial charge in [-0.15, -0.1) is 0 Å². The highest BCUT2D eigenvalue weighted by atomic mass is 19.1. The second kappa shape index (κ2) is 7.90. The van der Waals surface area contributed by atoms with Crippen LogP contribution in [-0.2, 0) is 16.1 Å². The van der Waals surface area contributed by atoms with Gasteiger partial charge in [-0.1, -0.05) is 24.6 Å². The third kappa shape index (κ3) is 3.03. The summed E-state index contributed by atoms with van der Waals surface area (Å²) in [6, 6.07) is 2.75. The van der Waals surface area contributed by atoms with Crippen molar-refractivity contribution < 1.29 is 28.3 Å². The number of fused-ring (bicyclic) bond motifs is 4. The third-order valence-corrected chi connectivity index (χ3v) is 8.91. The van der Waals surface area contributed by atoms with E-state index in [1.807, 2.05) is 6.08 Å². The number of Topliss-reactive ketones (excluding diaryl/α,β-unsaturated/α-hetero) is 1. The summed E-state index contributed by atoms with van der Waals surface area (Å²) in [5.41, 5.74) is 7.43. The second-order valence-electron chi connectivity index (χ2n) is 10.9. The van der Waals surface area contributed by atoms with Crippen molar-refractivity contribution in [1.29, 1.82) is 0 Å². The Kier molecular flexibility index (Phi) is 4.77. The lowest BCUT2D eigenvalue weighted by atomic mass is 9.63. The first-order chi connectivity index (χ1) is 18.3. The fraction of sp³-hybridized carbons (Fsp3) is 0.300. The number of aromatic carboxylic acids is 1. The molecule has 192 valence electrons. The van der Waals surface area contributed by atoms with Gasteiger partial charge in [-0.05, 0) is 61.5 Å². The highest BCUT2D eigenvalue weighted by molar-refractivity contribution is 6.30. The van der Waals surface area contributed by atoms with E-state index in [0.29, 0.717) is 16.7 Å². The van der Waals surface area contributed by atoms with E-state index in [1.54, 1.807) is 18.2 Å². The molecule has 2 fully saturated rings. The molecule has 7 rings (SSSR count). The van der Waals surface area contributed by atoms with Gasteiger partial charge in [-0.3, -0.25) is 9.59 Å². The second-order valence-corrected chi connectivity index (χ2v) is 10.9. The zero-order valence-electron chi connectivity index (χ0n) is 20.5. The van der Waals surface area contributed by atoms with E-state index in [-0.39, 0.29) is 63.3 Å². The zero-order valence-corrected chi connectivity index (χ0v) is 20.5. The lowest BCUT2D eigenvalue weighted by Gasteiger charge is -2.39. The van der Waals surface area contributed by atoms with Crippen LogP contribution < -0.4 is 5.73 Å². The van der Waals surface area contributed by atoms with Crippen molar-refractivity contribution in [1.82, 2.24) is 4.57 Å². The van der Waals surface area contributed by atoms with Crippen LogP contribution in [0, 0.1) is 23.1 Å². The van der Waals surface area contributed by atoms with Crippen molar-refractivity contribution in [2.24, 2.45) is 23.0 Å². The van der Waals surface area contributed by atoms with E-state index in [9.17, 15) is 19.5 Å². The number of benzene rings is 1. The average Bonchev–Trinajstić information content (AvgIpc) is 3.40. The molecular weight excluding hydrogens is 487 g/mol. The topological polar surface area (TPSA) is 116 Å². The zero-order chi connectivity index (χ0) is 26.3. The number of rotatable bonds is 4. The summed E-state index contributed by atoms with van der Waals surface area (Å²) in [5, 5.41) is 11.1. The van der Waals surface area contributed by atoms with Gasteiger partial charge in [-0.2, -0.15) is 0 Å². The molecule has 4 aliphatic carbocycles. The summed E-state index contributed by atoms with van der Waals surface area (Å²) in [6.45, 7) is -0.0721. The molecule has 2 atom stereocenters. The van der Waals surface area contributed by atoms with Crippen LogP contribution in [0.25, 0.3) is 27.4 Å². The average molecular weight is 513 g/mol. The SMILES string of the molecule is NC1=CC2(CCC2)C(=O)C=C1Cn1c(C(=O)O)c(C2=CC=CC3CCC3C2=O)c2c3occc3c(F)cc21. The van der Waals surface area contributed by atoms with Crippen molar-refractivity contribution in [2.75, 3.05) is 0 Å². The molecule has 0 saturated heterocycles. The smallest absolute Gasteiger partial charge is 0.353 e. The minimum Gasteiger partial charge on any atom is -0.477 e. The van der Waals surface area contributed by atoms with Crippen LogP contribution in [0.4, 0.5) is 4.39 Å². The largest absolute Gasteiger partial charge is 0.477 e. The van der Waals surface area contributed by atoms with Gasteiger partial charge in [-0.25, -0.2) is 9.18 Å². The van der Waals surface area contributed by atoms with E-state index in [2.05, 4.69) is 0 Å². The molecule has 0 radical (unpaired) electrons. The van der Waals surface area contributed by atoms with Crippen molar-refractivity contribution in [3.63, 3.8) is 0 Å². The van der Waals surface area contributed by atoms with Gasteiger partial charge in [0, 0.05) is 22.8 Å². The molecule has 1 spiro atoms. The number of aromatic nitrogens is 1. The molecule has 3 aromatic rings. The van der Waals surface area contributed by atoms with Gasteiger partial charge >= 0.3 is 5.97 Å². The van der Waals surface area contributed by atoms with Crippen molar-refractivity contribution in [3.8, 4) is 0 Å². The van der Waals surface area contributed by atoms with Crippen molar-refractivity contribution in [3.05, 3.63) is 77.1 Å². The molecule has 0 aliphatic heterocycles. The molecular formula is C30H25FN2O5. The van der Waals surface area contributed by atoms with Gasteiger partial charge in [0.05, 0.1) is 34.5 Å².